The van der Waals surface area contributed by atoms with Crippen molar-refractivity contribution in [1.82, 2.24) is 4.98 Å². The smallest absolute Gasteiger partial charge is 0.263 e. The van der Waals surface area contributed by atoms with E-state index in [0.29, 0.717) is 4.60 Å². The third-order valence-corrected chi connectivity index (χ3v) is 4.67. The van der Waals surface area contributed by atoms with E-state index < -0.39 is 15.8 Å². The van der Waals surface area contributed by atoms with Crippen molar-refractivity contribution in [2.24, 2.45) is 0 Å². The third-order valence-electron chi connectivity index (χ3n) is 2.19. The van der Waals surface area contributed by atoms with Crippen LogP contribution in [0.3, 0.4) is 0 Å². The molecule has 1 heterocycles. The molecule has 0 saturated heterocycles. The highest BCUT2D eigenvalue weighted by molar-refractivity contribution is 9.10. The van der Waals surface area contributed by atoms with Crippen LogP contribution in [0.15, 0.2) is 46.0 Å². The Morgan fingerprint density at radius 1 is 1.32 bits per heavy atom. The van der Waals surface area contributed by atoms with E-state index in [1.807, 2.05) is 0 Å². The Hall–Kier alpha value is -1.18. The molecule has 1 aromatic carbocycles. The topological polar surface area (TPSA) is 59.1 Å². The predicted molar refractivity (Wildman–Crippen MR) is 74.2 cm³/mol. The third kappa shape index (κ3) is 3.23. The van der Waals surface area contributed by atoms with E-state index in [0.717, 1.165) is 18.2 Å². The summed E-state index contributed by atoms with van der Waals surface area (Å²) in [4.78, 5) is 3.69. The lowest BCUT2D eigenvalue weighted by Crippen LogP contribution is -2.14. The molecule has 4 nitrogen and oxygen atoms in total. The van der Waals surface area contributed by atoms with Gasteiger partial charge in [0.15, 0.2) is 0 Å². The lowest BCUT2D eigenvalue weighted by Gasteiger charge is -2.10. The molecular weight excluding hydrogens is 359 g/mol. The minimum Gasteiger partial charge on any atom is -0.277 e. The molecule has 1 aromatic heterocycles. The Labute approximate surface area is 122 Å². The number of nitrogens with one attached hydrogen (secondary N) is 1. The van der Waals surface area contributed by atoms with Crippen molar-refractivity contribution in [3.8, 4) is 0 Å². The zero-order valence-corrected chi connectivity index (χ0v) is 12.4. The number of pyridine rings is 1. The fourth-order valence-electron chi connectivity index (χ4n) is 1.36. The van der Waals surface area contributed by atoms with Gasteiger partial charge in [-0.1, -0.05) is 11.6 Å². The van der Waals surface area contributed by atoms with Gasteiger partial charge in [0.05, 0.1) is 10.7 Å². The average Bonchev–Trinajstić information content (AvgIpc) is 2.31. The van der Waals surface area contributed by atoms with Crippen LogP contribution in [0.5, 0.6) is 0 Å². The molecule has 8 heteroatoms. The Kier molecular flexibility index (Phi) is 4.07. The molecule has 1 N–H and O–H groups in total. The van der Waals surface area contributed by atoms with Gasteiger partial charge < -0.3 is 0 Å². The van der Waals surface area contributed by atoms with E-state index in [2.05, 4.69) is 25.6 Å². The van der Waals surface area contributed by atoms with Gasteiger partial charge in [0.2, 0.25) is 0 Å². The van der Waals surface area contributed by atoms with Crippen molar-refractivity contribution in [3.63, 3.8) is 0 Å². The van der Waals surface area contributed by atoms with Crippen molar-refractivity contribution in [2.75, 3.05) is 4.72 Å². The van der Waals surface area contributed by atoms with Crippen LogP contribution in [-0.2, 0) is 10.0 Å². The Morgan fingerprint density at radius 2 is 2.05 bits per heavy atom. The van der Waals surface area contributed by atoms with Crippen LogP contribution in [0, 0.1) is 5.82 Å². The summed E-state index contributed by atoms with van der Waals surface area (Å²) >= 11 is 8.85. The molecule has 2 rings (SSSR count). The van der Waals surface area contributed by atoms with Crippen LogP contribution in [0.1, 0.15) is 0 Å². The number of sulfonamides is 1. The van der Waals surface area contributed by atoms with Gasteiger partial charge in [0, 0.05) is 6.20 Å². The number of rotatable bonds is 3. The highest BCUT2D eigenvalue weighted by atomic mass is 79.9. The fourth-order valence-corrected chi connectivity index (χ4v) is 3.43. The Bertz CT molecular complexity index is 724. The number of nitrogens with zero attached hydrogens (tertiary/aromatic N) is 1. The van der Waals surface area contributed by atoms with Crippen molar-refractivity contribution < 1.29 is 12.8 Å². The average molecular weight is 366 g/mol. The van der Waals surface area contributed by atoms with E-state index in [-0.39, 0.29) is 15.6 Å². The number of aromatic nitrogens is 1. The van der Waals surface area contributed by atoms with E-state index in [4.69, 9.17) is 11.6 Å². The summed E-state index contributed by atoms with van der Waals surface area (Å²) < 4.78 is 39.8. The van der Waals surface area contributed by atoms with Crippen molar-refractivity contribution in [2.45, 2.75) is 4.90 Å². The molecule has 0 radical (unpaired) electrons. The molecule has 0 bridgehead atoms. The molecule has 0 unspecified atom stereocenters. The van der Waals surface area contributed by atoms with Gasteiger partial charge in [-0.3, -0.25) is 4.72 Å². The van der Waals surface area contributed by atoms with Gasteiger partial charge in [0.25, 0.3) is 10.0 Å². The number of anilines is 1. The highest BCUT2D eigenvalue weighted by Crippen LogP contribution is 2.26. The second-order valence-corrected chi connectivity index (χ2v) is 6.33. The van der Waals surface area contributed by atoms with Crippen LogP contribution in [0.25, 0.3) is 0 Å². The van der Waals surface area contributed by atoms with E-state index in [1.165, 1.54) is 12.3 Å². The fraction of sp³-hybridized carbons (Fsp3) is 0. The summed E-state index contributed by atoms with van der Waals surface area (Å²) in [6.07, 6.45) is 1.51. The van der Waals surface area contributed by atoms with E-state index in [9.17, 15) is 12.8 Å². The minimum atomic E-state index is -3.90. The summed E-state index contributed by atoms with van der Waals surface area (Å²) in [5.74, 6) is -0.605. The second-order valence-electron chi connectivity index (χ2n) is 3.52. The largest absolute Gasteiger partial charge is 0.277 e. The summed E-state index contributed by atoms with van der Waals surface area (Å²) in [5, 5.41) is -0.187. The lowest BCUT2D eigenvalue weighted by atomic mass is 10.3. The number of benzene rings is 1. The number of halogens is 3. The first kappa shape index (κ1) is 14.2. The quantitative estimate of drug-likeness (QED) is 0.848. The van der Waals surface area contributed by atoms with E-state index in [1.54, 1.807) is 6.07 Å². The Balaban J connectivity index is 2.41. The first-order valence-electron chi connectivity index (χ1n) is 4.98. The molecule has 19 heavy (non-hydrogen) atoms. The molecule has 0 aliphatic rings. The molecule has 0 atom stereocenters. The van der Waals surface area contributed by atoms with Crippen LogP contribution in [-0.4, -0.2) is 13.4 Å². The molecule has 2 aromatic rings. The summed E-state index contributed by atoms with van der Waals surface area (Å²) in [6, 6.07) is 6.18. The highest BCUT2D eigenvalue weighted by Gasteiger charge is 2.19. The molecule has 0 aliphatic heterocycles. The van der Waals surface area contributed by atoms with Gasteiger partial charge in [-0.25, -0.2) is 17.8 Å². The zero-order chi connectivity index (χ0) is 14.0. The summed E-state index contributed by atoms with van der Waals surface area (Å²) in [6.45, 7) is 0. The van der Waals surface area contributed by atoms with Crippen LogP contribution < -0.4 is 4.72 Å². The molecule has 0 aliphatic carbocycles. The monoisotopic (exact) mass is 364 g/mol. The summed E-state index contributed by atoms with van der Waals surface area (Å²) in [7, 11) is -3.90. The van der Waals surface area contributed by atoms with Crippen LogP contribution in [0.4, 0.5) is 10.1 Å². The van der Waals surface area contributed by atoms with Crippen molar-refractivity contribution >= 4 is 43.2 Å². The first-order valence-corrected chi connectivity index (χ1v) is 7.64. The molecular formula is C11H7BrClFN2O2S. The van der Waals surface area contributed by atoms with Gasteiger partial charge in [-0.05, 0) is 46.3 Å². The molecule has 0 amide bonds. The minimum absolute atomic E-state index is 0.187. The normalized spacial score (nSPS) is 11.3. The standard InChI is InChI=1S/C11H7BrClFN2O2S/c12-11-9(2-1-5-15-11)16-19(17,18)10-4-3-7(14)6-8(10)13/h1-6,16H. The predicted octanol–water partition coefficient (Wildman–Crippen LogP) is 3.44. The second kappa shape index (κ2) is 5.44. The Morgan fingerprint density at radius 3 is 2.68 bits per heavy atom. The van der Waals surface area contributed by atoms with Gasteiger partial charge in [0.1, 0.15) is 15.3 Å². The molecule has 0 saturated carbocycles. The van der Waals surface area contributed by atoms with Gasteiger partial charge in [-0.2, -0.15) is 0 Å². The van der Waals surface area contributed by atoms with Crippen molar-refractivity contribution in [1.29, 1.82) is 0 Å². The van der Waals surface area contributed by atoms with Crippen LogP contribution >= 0.6 is 27.5 Å². The maximum atomic E-state index is 12.9. The van der Waals surface area contributed by atoms with Gasteiger partial charge >= 0.3 is 0 Å². The molecule has 0 fully saturated rings. The van der Waals surface area contributed by atoms with E-state index >= 15 is 0 Å². The maximum absolute atomic E-state index is 12.9. The first-order chi connectivity index (χ1) is 8.90. The zero-order valence-electron chi connectivity index (χ0n) is 9.27. The van der Waals surface area contributed by atoms with Crippen LogP contribution in [0.2, 0.25) is 5.02 Å². The van der Waals surface area contributed by atoms with Gasteiger partial charge in [-0.15, -0.1) is 0 Å². The number of hydrogen-bond donors (Lipinski definition) is 1. The molecule has 0 spiro atoms. The van der Waals surface area contributed by atoms with Crippen molar-refractivity contribution in [3.05, 3.63) is 52.0 Å². The maximum Gasteiger partial charge on any atom is 0.263 e. The molecule has 100 valence electrons. The SMILES string of the molecule is O=S(=O)(Nc1cccnc1Br)c1ccc(F)cc1Cl. The lowest BCUT2D eigenvalue weighted by molar-refractivity contribution is 0.599. The number of hydrogen-bond acceptors (Lipinski definition) is 3. The summed E-state index contributed by atoms with van der Waals surface area (Å²) in [5.41, 5.74) is 0.267.